The van der Waals surface area contributed by atoms with Gasteiger partial charge in [-0.2, -0.15) is 5.26 Å². The van der Waals surface area contributed by atoms with Crippen molar-refractivity contribution in [3.63, 3.8) is 0 Å². The van der Waals surface area contributed by atoms with Gasteiger partial charge in [-0.25, -0.2) is 4.79 Å². The van der Waals surface area contributed by atoms with Crippen molar-refractivity contribution in [2.45, 2.75) is 25.3 Å². The molecule has 1 atom stereocenters. The van der Waals surface area contributed by atoms with E-state index < -0.39 is 17.4 Å². The molecule has 0 aliphatic heterocycles. The van der Waals surface area contributed by atoms with Gasteiger partial charge >= 0.3 is 5.97 Å². The molecule has 0 saturated heterocycles. The predicted octanol–water partition coefficient (Wildman–Crippen LogP) is 2.31. The van der Waals surface area contributed by atoms with E-state index in [0.717, 1.165) is 0 Å². The molecule has 20 heavy (non-hydrogen) atoms. The molecular weight excluding hydrogens is 280 g/mol. The Bertz CT molecular complexity index is 554. The highest BCUT2D eigenvalue weighted by atomic mass is 35.5. The molecule has 0 saturated carbocycles. The molecule has 1 amide bonds. The molecule has 0 spiro atoms. The van der Waals surface area contributed by atoms with Crippen molar-refractivity contribution >= 4 is 23.5 Å². The fourth-order valence-electron chi connectivity index (χ4n) is 1.71. The van der Waals surface area contributed by atoms with Gasteiger partial charge in [-0.3, -0.25) is 4.79 Å². The van der Waals surface area contributed by atoms with Crippen molar-refractivity contribution in [3.8, 4) is 6.07 Å². The summed E-state index contributed by atoms with van der Waals surface area (Å²) in [4.78, 5) is 24.0. The molecule has 0 bridgehead atoms. The van der Waals surface area contributed by atoms with Crippen LogP contribution in [0.4, 0.5) is 0 Å². The van der Waals surface area contributed by atoms with Gasteiger partial charge in [0.15, 0.2) is 0 Å². The van der Waals surface area contributed by atoms with Gasteiger partial charge in [0, 0.05) is 6.42 Å². The molecule has 0 fully saturated rings. The van der Waals surface area contributed by atoms with E-state index in [1.807, 2.05) is 6.07 Å². The van der Waals surface area contributed by atoms with Crippen molar-refractivity contribution in [3.05, 3.63) is 34.9 Å². The minimum atomic E-state index is -1.26. The molecule has 0 aromatic heterocycles. The number of esters is 1. The second-order valence-corrected chi connectivity index (χ2v) is 4.82. The number of benzene rings is 1. The summed E-state index contributed by atoms with van der Waals surface area (Å²) in [6.07, 6.45) is 0.279. The monoisotopic (exact) mass is 294 g/mol. The first kappa shape index (κ1) is 16.0. The number of methoxy groups -OCH3 is 1. The number of nitrogens with one attached hydrogen (secondary N) is 1. The molecule has 0 aliphatic rings. The summed E-state index contributed by atoms with van der Waals surface area (Å²) in [6, 6.07) is 8.46. The normalized spacial score (nSPS) is 12.9. The molecule has 0 heterocycles. The molecule has 1 aromatic carbocycles. The maximum Gasteiger partial charge on any atom is 0.331 e. The Morgan fingerprint density at radius 1 is 1.45 bits per heavy atom. The Labute approximate surface area is 122 Å². The predicted molar refractivity (Wildman–Crippen MR) is 74.2 cm³/mol. The molecular formula is C14H15ClN2O3. The zero-order valence-corrected chi connectivity index (χ0v) is 12.0. The lowest BCUT2D eigenvalue weighted by atomic mass is 9.95. The lowest BCUT2D eigenvalue weighted by Gasteiger charge is -2.27. The number of halogens is 1. The average Bonchev–Trinajstić information content (AvgIpc) is 2.44. The molecule has 1 rings (SSSR count). The van der Waals surface area contributed by atoms with Crippen molar-refractivity contribution in [2.75, 3.05) is 7.11 Å². The van der Waals surface area contributed by atoms with Gasteiger partial charge in [-0.05, 0) is 25.5 Å². The molecule has 5 nitrogen and oxygen atoms in total. The summed E-state index contributed by atoms with van der Waals surface area (Å²) < 4.78 is 4.68. The number of nitriles is 1. The van der Waals surface area contributed by atoms with Gasteiger partial charge in [-0.1, -0.05) is 23.7 Å². The van der Waals surface area contributed by atoms with Crippen LogP contribution in [0.2, 0.25) is 5.02 Å². The lowest BCUT2D eigenvalue weighted by Crippen LogP contribution is -2.52. The Morgan fingerprint density at radius 3 is 2.65 bits per heavy atom. The summed E-state index contributed by atoms with van der Waals surface area (Å²) in [7, 11) is 1.23. The van der Waals surface area contributed by atoms with E-state index in [-0.39, 0.29) is 23.4 Å². The highest BCUT2D eigenvalue weighted by Crippen LogP contribution is 2.19. The Balaban J connectivity index is 2.96. The molecule has 0 aliphatic carbocycles. The maximum absolute atomic E-state index is 12.2. The summed E-state index contributed by atoms with van der Waals surface area (Å²) in [6.45, 7) is 1.52. The van der Waals surface area contributed by atoms with Crippen LogP contribution < -0.4 is 5.32 Å². The molecule has 106 valence electrons. The van der Waals surface area contributed by atoms with Crippen LogP contribution in [0.1, 0.15) is 30.1 Å². The largest absolute Gasteiger partial charge is 0.467 e. The van der Waals surface area contributed by atoms with Crippen LogP contribution in [-0.2, 0) is 9.53 Å². The molecule has 1 N–H and O–H groups in total. The van der Waals surface area contributed by atoms with Gasteiger partial charge in [-0.15, -0.1) is 0 Å². The zero-order valence-electron chi connectivity index (χ0n) is 11.3. The summed E-state index contributed by atoms with van der Waals surface area (Å²) >= 11 is 5.94. The fourth-order valence-corrected chi connectivity index (χ4v) is 1.93. The van der Waals surface area contributed by atoms with Crippen LogP contribution in [0.15, 0.2) is 24.3 Å². The third kappa shape index (κ3) is 3.72. The minimum Gasteiger partial charge on any atom is -0.467 e. The minimum absolute atomic E-state index is 0.119. The van der Waals surface area contributed by atoms with E-state index >= 15 is 0 Å². The number of rotatable bonds is 5. The van der Waals surface area contributed by atoms with Crippen LogP contribution in [-0.4, -0.2) is 24.5 Å². The number of hydrogen-bond donors (Lipinski definition) is 1. The molecule has 1 unspecified atom stereocenters. The third-order valence-electron chi connectivity index (χ3n) is 2.88. The topological polar surface area (TPSA) is 79.2 Å². The second kappa shape index (κ2) is 6.92. The van der Waals surface area contributed by atoms with Gasteiger partial charge in [0.1, 0.15) is 5.54 Å². The first-order chi connectivity index (χ1) is 9.44. The van der Waals surface area contributed by atoms with Crippen molar-refractivity contribution < 1.29 is 14.3 Å². The number of carbonyl (C=O) groups excluding carboxylic acids is 2. The van der Waals surface area contributed by atoms with Crippen molar-refractivity contribution in [2.24, 2.45) is 0 Å². The average molecular weight is 295 g/mol. The van der Waals surface area contributed by atoms with Gasteiger partial charge < -0.3 is 10.1 Å². The number of carbonyl (C=O) groups is 2. The fraction of sp³-hybridized carbons (Fsp3) is 0.357. The maximum atomic E-state index is 12.2. The quantitative estimate of drug-likeness (QED) is 0.845. The van der Waals surface area contributed by atoms with Crippen molar-refractivity contribution in [1.82, 2.24) is 5.32 Å². The van der Waals surface area contributed by atoms with E-state index in [1.54, 1.807) is 24.3 Å². The number of amides is 1. The number of nitrogens with zero attached hydrogens (tertiary/aromatic N) is 1. The van der Waals surface area contributed by atoms with Crippen LogP contribution in [0.25, 0.3) is 0 Å². The van der Waals surface area contributed by atoms with Crippen LogP contribution in [0.3, 0.4) is 0 Å². The smallest absolute Gasteiger partial charge is 0.331 e. The van der Waals surface area contributed by atoms with Gasteiger partial charge in [0.2, 0.25) is 0 Å². The Morgan fingerprint density at radius 2 is 2.10 bits per heavy atom. The van der Waals surface area contributed by atoms with Gasteiger partial charge in [0.25, 0.3) is 5.91 Å². The first-order valence-electron chi connectivity index (χ1n) is 5.97. The Hall–Kier alpha value is -2.06. The molecule has 6 heteroatoms. The summed E-state index contributed by atoms with van der Waals surface area (Å²) in [5.74, 6) is -1.09. The van der Waals surface area contributed by atoms with E-state index in [4.69, 9.17) is 16.9 Å². The highest BCUT2D eigenvalue weighted by Gasteiger charge is 2.36. The summed E-state index contributed by atoms with van der Waals surface area (Å²) in [5, 5.41) is 11.5. The number of ether oxygens (including phenoxy) is 1. The molecule has 0 radical (unpaired) electrons. The second-order valence-electron chi connectivity index (χ2n) is 4.42. The molecule has 1 aromatic rings. The first-order valence-corrected chi connectivity index (χ1v) is 6.35. The standard InChI is InChI=1S/C14H15ClN2O3/c1-14(8-5-9-16,13(19)20-2)17-12(18)10-6-3-4-7-11(10)15/h3-4,6-7H,5,8H2,1-2H3,(H,17,18). The SMILES string of the molecule is COC(=O)C(C)(CCC#N)NC(=O)c1ccccc1Cl. The Kier molecular flexibility index (Phi) is 5.53. The van der Waals surface area contributed by atoms with Gasteiger partial charge in [0.05, 0.1) is 23.8 Å². The van der Waals surface area contributed by atoms with Crippen LogP contribution in [0, 0.1) is 11.3 Å². The zero-order chi connectivity index (χ0) is 15.2. The van der Waals surface area contributed by atoms with Crippen LogP contribution >= 0.6 is 11.6 Å². The lowest BCUT2D eigenvalue weighted by molar-refractivity contribution is -0.147. The summed E-state index contributed by atoms with van der Waals surface area (Å²) in [5.41, 5.74) is -0.998. The van der Waals surface area contributed by atoms with E-state index in [1.165, 1.54) is 14.0 Å². The van der Waals surface area contributed by atoms with E-state index in [9.17, 15) is 9.59 Å². The number of hydrogen-bond acceptors (Lipinski definition) is 4. The van der Waals surface area contributed by atoms with Crippen molar-refractivity contribution in [1.29, 1.82) is 5.26 Å². The third-order valence-corrected chi connectivity index (χ3v) is 3.21. The van der Waals surface area contributed by atoms with E-state index in [2.05, 4.69) is 10.1 Å². The highest BCUT2D eigenvalue weighted by molar-refractivity contribution is 6.33. The van der Waals surface area contributed by atoms with E-state index in [0.29, 0.717) is 0 Å². The van der Waals surface area contributed by atoms with Crippen LogP contribution in [0.5, 0.6) is 0 Å².